The number of hydrogen-bond acceptors (Lipinski definition) is 1. The lowest BCUT2D eigenvalue weighted by Crippen LogP contribution is -2.24. The van der Waals surface area contributed by atoms with Gasteiger partial charge in [-0.2, -0.15) is 0 Å². The first kappa shape index (κ1) is 13.2. The van der Waals surface area contributed by atoms with E-state index >= 15 is 0 Å². The van der Waals surface area contributed by atoms with Crippen LogP contribution in [-0.2, 0) is 6.54 Å². The Bertz CT molecular complexity index is 308. The van der Waals surface area contributed by atoms with E-state index in [0.29, 0.717) is 0 Å². The van der Waals surface area contributed by atoms with Crippen LogP contribution in [-0.4, -0.2) is 6.54 Å². The molecule has 1 aromatic rings. The third-order valence-corrected chi connectivity index (χ3v) is 3.55. The molecule has 1 unspecified atom stereocenters. The first-order valence-corrected chi connectivity index (χ1v) is 6.28. The fourth-order valence-electron chi connectivity index (χ4n) is 1.79. The molecule has 0 aliphatic rings. The minimum atomic E-state index is 0.740. The van der Waals surface area contributed by atoms with Crippen LogP contribution in [0.2, 0.25) is 0 Å². The van der Waals surface area contributed by atoms with Crippen LogP contribution in [0.3, 0.4) is 0 Å². The summed E-state index contributed by atoms with van der Waals surface area (Å²) in [5, 5.41) is 3.56. The molecule has 0 bridgehead atoms. The first-order valence-electron chi connectivity index (χ1n) is 6.28. The van der Waals surface area contributed by atoms with Gasteiger partial charge < -0.3 is 5.32 Å². The summed E-state index contributed by atoms with van der Waals surface area (Å²) in [7, 11) is 0. The Balaban J connectivity index is 2.49. The zero-order chi connectivity index (χ0) is 12.1. The van der Waals surface area contributed by atoms with Crippen LogP contribution in [0.15, 0.2) is 18.2 Å². The molecule has 1 aromatic carbocycles. The van der Waals surface area contributed by atoms with E-state index in [1.54, 1.807) is 0 Å². The Morgan fingerprint density at radius 1 is 1.06 bits per heavy atom. The van der Waals surface area contributed by atoms with Gasteiger partial charge in [0.2, 0.25) is 0 Å². The van der Waals surface area contributed by atoms with E-state index in [0.717, 1.165) is 24.9 Å². The highest BCUT2D eigenvalue weighted by Crippen LogP contribution is 2.13. The van der Waals surface area contributed by atoms with Crippen molar-refractivity contribution in [3.05, 3.63) is 34.9 Å². The highest BCUT2D eigenvalue weighted by molar-refractivity contribution is 5.33. The third kappa shape index (κ3) is 3.64. The minimum absolute atomic E-state index is 0.740. The fraction of sp³-hybridized carbons (Fsp3) is 0.600. The molecule has 0 spiro atoms. The minimum Gasteiger partial charge on any atom is -0.312 e. The van der Waals surface area contributed by atoms with Crippen LogP contribution in [0.25, 0.3) is 0 Å². The standard InChI is InChI=1S/C15H25N/c1-11(2)14(5)9-16-10-15-12(3)7-6-8-13(15)4/h6-8,11,14,16H,9-10H2,1-5H3. The summed E-state index contributed by atoms with van der Waals surface area (Å²) in [6.07, 6.45) is 0. The molecular weight excluding hydrogens is 194 g/mol. The average molecular weight is 219 g/mol. The average Bonchev–Trinajstić information content (AvgIpc) is 2.22. The molecule has 16 heavy (non-hydrogen) atoms. The lowest BCUT2D eigenvalue weighted by molar-refractivity contribution is 0.392. The second-order valence-electron chi connectivity index (χ2n) is 5.22. The molecule has 1 rings (SSSR count). The van der Waals surface area contributed by atoms with Gasteiger partial charge in [0.25, 0.3) is 0 Å². The predicted octanol–water partition coefficient (Wildman–Crippen LogP) is 3.69. The molecule has 0 aliphatic carbocycles. The van der Waals surface area contributed by atoms with Gasteiger partial charge in [0.15, 0.2) is 0 Å². The molecule has 1 heteroatoms. The van der Waals surface area contributed by atoms with Gasteiger partial charge in [-0.05, 0) is 48.9 Å². The Labute approximate surface area is 100 Å². The van der Waals surface area contributed by atoms with E-state index in [9.17, 15) is 0 Å². The van der Waals surface area contributed by atoms with Crippen molar-refractivity contribution >= 4 is 0 Å². The molecule has 0 heterocycles. The molecule has 0 amide bonds. The fourth-order valence-corrected chi connectivity index (χ4v) is 1.79. The molecule has 0 aliphatic heterocycles. The van der Waals surface area contributed by atoms with Gasteiger partial charge in [-0.1, -0.05) is 39.0 Å². The zero-order valence-corrected chi connectivity index (χ0v) is 11.3. The van der Waals surface area contributed by atoms with E-state index in [2.05, 4.69) is 58.1 Å². The molecule has 0 saturated carbocycles. The van der Waals surface area contributed by atoms with E-state index in [1.165, 1.54) is 16.7 Å². The monoisotopic (exact) mass is 219 g/mol. The molecule has 0 saturated heterocycles. The van der Waals surface area contributed by atoms with Crippen LogP contribution < -0.4 is 5.32 Å². The van der Waals surface area contributed by atoms with Gasteiger partial charge >= 0.3 is 0 Å². The maximum absolute atomic E-state index is 3.56. The van der Waals surface area contributed by atoms with Gasteiger partial charge in [0.05, 0.1) is 0 Å². The van der Waals surface area contributed by atoms with Crippen LogP contribution in [0.1, 0.15) is 37.5 Å². The smallest absolute Gasteiger partial charge is 0.0210 e. The van der Waals surface area contributed by atoms with Gasteiger partial charge in [-0.3, -0.25) is 0 Å². The van der Waals surface area contributed by atoms with Crippen molar-refractivity contribution in [2.24, 2.45) is 11.8 Å². The summed E-state index contributed by atoms with van der Waals surface area (Å²) in [6.45, 7) is 13.4. The Morgan fingerprint density at radius 3 is 2.12 bits per heavy atom. The third-order valence-electron chi connectivity index (χ3n) is 3.55. The molecular formula is C15H25N. The van der Waals surface area contributed by atoms with Crippen molar-refractivity contribution in [3.8, 4) is 0 Å². The van der Waals surface area contributed by atoms with Gasteiger partial charge in [-0.25, -0.2) is 0 Å². The van der Waals surface area contributed by atoms with Gasteiger partial charge in [-0.15, -0.1) is 0 Å². The van der Waals surface area contributed by atoms with Crippen molar-refractivity contribution in [3.63, 3.8) is 0 Å². The van der Waals surface area contributed by atoms with E-state index < -0.39 is 0 Å². The molecule has 1 nitrogen and oxygen atoms in total. The highest BCUT2D eigenvalue weighted by Gasteiger charge is 2.07. The summed E-state index contributed by atoms with van der Waals surface area (Å²) >= 11 is 0. The molecule has 0 radical (unpaired) electrons. The molecule has 0 fully saturated rings. The molecule has 0 aromatic heterocycles. The predicted molar refractivity (Wildman–Crippen MR) is 71.6 cm³/mol. The van der Waals surface area contributed by atoms with Crippen molar-refractivity contribution in [1.82, 2.24) is 5.32 Å². The summed E-state index contributed by atoms with van der Waals surface area (Å²) in [6, 6.07) is 6.51. The normalized spacial score (nSPS) is 13.1. The largest absolute Gasteiger partial charge is 0.312 e. The van der Waals surface area contributed by atoms with Crippen LogP contribution >= 0.6 is 0 Å². The summed E-state index contributed by atoms with van der Waals surface area (Å²) in [5.74, 6) is 1.50. The number of benzene rings is 1. The maximum Gasteiger partial charge on any atom is 0.0210 e. The Kier molecular flexibility index (Phi) is 5.01. The number of hydrogen-bond donors (Lipinski definition) is 1. The number of rotatable bonds is 5. The molecule has 90 valence electrons. The molecule has 1 N–H and O–H groups in total. The van der Waals surface area contributed by atoms with Crippen LogP contribution in [0, 0.1) is 25.7 Å². The van der Waals surface area contributed by atoms with Crippen molar-refractivity contribution in [1.29, 1.82) is 0 Å². The first-order chi connectivity index (χ1) is 7.52. The lowest BCUT2D eigenvalue weighted by atomic mass is 9.97. The summed E-state index contributed by atoms with van der Waals surface area (Å²) in [4.78, 5) is 0. The van der Waals surface area contributed by atoms with Crippen molar-refractivity contribution in [2.45, 2.75) is 41.2 Å². The topological polar surface area (TPSA) is 12.0 Å². The van der Waals surface area contributed by atoms with Crippen LogP contribution in [0.5, 0.6) is 0 Å². The Morgan fingerprint density at radius 2 is 1.62 bits per heavy atom. The lowest BCUT2D eigenvalue weighted by Gasteiger charge is -2.17. The zero-order valence-electron chi connectivity index (χ0n) is 11.3. The van der Waals surface area contributed by atoms with Crippen LogP contribution in [0.4, 0.5) is 0 Å². The highest BCUT2D eigenvalue weighted by atomic mass is 14.9. The second-order valence-corrected chi connectivity index (χ2v) is 5.22. The Hall–Kier alpha value is -0.820. The summed E-state index contributed by atoms with van der Waals surface area (Å²) in [5.41, 5.74) is 4.24. The van der Waals surface area contributed by atoms with E-state index in [1.807, 2.05) is 0 Å². The SMILES string of the molecule is Cc1cccc(C)c1CNCC(C)C(C)C. The van der Waals surface area contributed by atoms with Gasteiger partial charge in [0.1, 0.15) is 0 Å². The van der Waals surface area contributed by atoms with E-state index in [-0.39, 0.29) is 0 Å². The van der Waals surface area contributed by atoms with Gasteiger partial charge in [0, 0.05) is 6.54 Å². The van der Waals surface area contributed by atoms with Crippen molar-refractivity contribution < 1.29 is 0 Å². The summed E-state index contributed by atoms with van der Waals surface area (Å²) < 4.78 is 0. The van der Waals surface area contributed by atoms with Crippen molar-refractivity contribution in [2.75, 3.05) is 6.54 Å². The van der Waals surface area contributed by atoms with E-state index in [4.69, 9.17) is 0 Å². The maximum atomic E-state index is 3.56. The second kappa shape index (κ2) is 6.05. The number of aryl methyl sites for hydroxylation is 2. The molecule has 1 atom stereocenters. The quantitative estimate of drug-likeness (QED) is 0.796. The number of nitrogens with one attached hydrogen (secondary N) is 1.